The Hall–Kier alpha value is 0.180. The van der Waals surface area contributed by atoms with Gasteiger partial charge in [-0.25, -0.2) is 0 Å². The van der Waals surface area contributed by atoms with Crippen LogP contribution >= 0.6 is 27.3 Å². The van der Waals surface area contributed by atoms with Gasteiger partial charge >= 0.3 is 0 Å². The Kier molecular flexibility index (Phi) is 2.93. The normalized spacial score (nSPS) is 14.0. The summed E-state index contributed by atoms with van der Waals surface area (Å²) in [5.74, 6) is 0.679. The van der Waals surface area contributed by atoms with Crippen molar-refractivity contribution in [2.75, 3.05) is 0 Å². The lowest BCUT2D eigenvalue weighted by atomic mass is 10.1. The number of thiophene rings is 1. The average molecular weight is 219 g/mol. The zero-order chi connectivity index (χ0) is 7.56. The van der Waals surface area contributed by atoms with Gasteiger partial charge in [0.2, 0.25) is 0 Å². The third-order valence-electron chi connectivity index (χ3n) is 1.40. The maximum absolute atomic E-state index is 3.64. The molecule has 0 nitrogen and oxygen atoms in total. The van der Waals surface area contributed by atoms with Gasteiger partial charge in [0.25, 0.3) is 0 Å². The quantitative estimate of drug-likeness (QED) is 0.663. The molecule has 1 heterocycles. The maximum atomic E-state index is 3.64. The standard InChI is InChI=1S/C8H11BrS/c1-6(2)8(9)7-4-3-5-10-7/h3-6,8H,1-2H3. The van der Waals surface area contributed by atoms with Gasteiger partial charge in [-0.2, -0.15) is 0 Å². The highest BCUT2D eigenvalue weighted by Crippen LogP contribution is 2.33. The largest absolute Gasteiger partial charge is 0.148 e. The molecule has 0 aliphatic heterocycles. The summed E-state index contributed by atoms with van der Waals surface area (Å²) in [7, 11) is 0. The van der Waals surface area contributed by atoms with Crippen molar-refractivity contribution in [1.29, 1.82) is 0 Å². The topological polar surface area (TPSA) is 0 Å². The van der Waals surface area contributed by atoms with Crippen LogP contribution in [0.25, 0.3) is 0 Å². The van der Waals surface area contributed by atoms with E-state index in [4.69, 9.17) is 0 Å². The van der Waals surface area contributed by atoms with Crippen molar-refractivity contribution in [3.05, 3.63) is 22.4 Å². The molecule has 1 aromatic rings. The molecule has 0 amide bonds. The smallest absolute Gasteiger partial charge is 0.0512 e. The van der Waals surface area contributed by atoms with Crippen molar-refractivity contribution in [2.24, 2.45) is 5.92 Å². The molecule has 0 bridgehead atoms. The van der Waals surface area contributed by atoms with Crippen molar-refractivity contribution in [1.82, 2.24) is 0 Å². The van der Waals surface area contributed by atoms with Crippen LogP contribution in [-0.2, 0) is 0 Å². The first kappa shape index (κ1) is 8.28. The molecule has 1 atom stereocenters. The zero-order valence-corrected chi connectivity index (χ0v) is 8.58. The molecule has 0 radical (unpaired) electrons. The van der Waals surface area contributed by atoms with Crippen LogP contribution in [0.3, 0.4) is 0 Å². The fraction of sp³-hybridized carbons (Fsp3) is 0.500. The van der Waals surface area contributed by atoms with Crippen LogP contribution in [0.2, 0.25) is 0 Å². The molecule has 0 aromatic carbocycles. The van der Waals surface area contributed by atoms with Crippen LogP contribution in [0.1, 0.15) is 23.6 Å². The second-order valence-corrected chi connectivity index (χ2v) is 4.63. The van der Waals surface area contributed by atoms with Gasteiger partial charge in [-0.1, -0.05) is 35.8 Å². The van der Waals surface area contributed by atoms with E-state index in [9.17, 15) is 0 Å². The molecular formula is C8H11BrS. The second-order valence-electron chi connectivity index (χ2n) is 2.66. The molecule has 56 valence electrons. The minimum Gasteiger partial charge on any atom is -0.148 e. The number of hydrogen-bond acceptors (Lipinski definition) is 1. The van der Waals surface area contributed by atoms with Crippen LogP contribution in [0, 0.1) is 5.92 Å². The van der Waals surface area contributed by atoms with Gasteiger partial charge in [-0.15, -0.1) is 11.3 Å². The number of hydrogen-bond donors (Lipinski definition) is 0. The highest BCUT2D eigenvalue weighted by atomic mass is 79.9. The molecule has 0 aliphatic rings. The first-order valence-corrected chi connectivity index (χ1v) is 5.19. The Morgan fingerprint density at radius 1 is 1.50 bits per heavy atom. The minimum absolute atomic E-state index is 0.535. The molecule has 0 saturated heterocycles. The van der Waals surface area contributed by atoms with Gasteiger partial charge in [-0.3, -0.25) is 0 Å². The van der Waals surface area contributed by atoms with E-state index in [1.807, 2.05) is 11.3 Å². The Morgan fingerprint density at radius 2 is 2.20 bits per heavy atom. The van der Waals surface area contributed by atoms with Crippen molar-refractivity contribution < 1.29 is 0 Å². The van der Waals surface area contributed by atoms with Crippen LogP contribution in [0.15, 0.2) is 17.5 Å². The summed E-state index contributed by atoms with van der Waals surface area (Å²) in [6.45, 7) is 4.44. The van der Waals surface area contributed by atoms with Crippen molar-refractivity contribution in [3.8, 4) is 0 Å². The first-order valence-electron chi connectivity index (χ1n) is 3.39. The molecule has 1 rings (SSSR count). The van der Waals surface area contributed by atoms with Crippen LogP contribution < -0.4 is 0 Å². The minimum atomic E-state index is 0.535. The predicted octanol–water partition coefficient (Wildman–Crippen LogP) is 3.84. The van der Waals surface area contributed by atoms with E-state index in [1.54, 1.807) is 0 Å². The second kappa shape index (κ2) is 3.54. The van der Waals surface area contributed by atoms with Crippen molar-refractivity contribution >= 4 is 27.3 Å². The van der Waals surface area contributed by atoms with E-state index in [1.165, 1.54) is 4.88 Å². The van der Waals surface area contributed by atoms with E-state index in [-0.39, 0.29) is 0 Å². The Balaban J connectivity index is 2.68. The van der Waals surface area contributed by atoms with E-state index < -0.39 is 0 Å². The highest BCUT2D eigenvalue weighted by Gasteiger charge is 2.11. The molecule has 0 fully saturated rings. The van der Waals surface area contributed by atoms with E-state index in [0.717, 1.165) is 0 Å². The maximum Gasteiger partial charge on any atom is 0.0512 e. The summed E-state index contributed by atoms with van der Waals surface area (Å²) in [6.07, 6.45) is 0. The van der Waals surface area contributed by atoms with Gasteiger partial charge in [-0.05, 0) is 17.4 Å². The van der Waals surface area contributed by atoms with Gasteiger partial charge in [0.15, 0.2) is 0 Å². The summed E-state index contributed by atoms with van der Waals surface area (Å²) in [6, 6.07) is 4.26. The van der Waals surface area contributed by atoms with Crippen molar-refractivity contribution in [2.45, 2.75) is 18.7 Å². The van der Waals surface area contributed by atoms with E-state index in [0.29, 0.717) is 10.7 Å². The predicted molar refractivity (Wildman–Crippen MR) is 50.8 cm³/mol. The lowest BCUT2D eigenvalue weighted by Crippen LogP contribution is -1.94. The summed E-state index contributed by atoms with van der Waals surface area (Å²) in [4.78, 5) is 1.96. The first-order chi connectivity index (χ1) is 4.72. The van der Waals surface area contributed by atoms with Crippen LogP contribution in [-0.4, -0.2) is 0 Å². The highest BCUT2D eigenvalue weighted by molar-refractivity contribution is 9.09. The van der Waals surface area contributed by atoms with Crippen LogP contribution in [0.5, 0.6) is 0 Å². The monoisotopic (exact) mass is 218 g/mol. The third-order valence-corrected chi connectivity index (χ3v) is 4.21. The Labute approximate surface area is 74.4 Å². The lowest BCUT2D eigenvalue weighted by molar-refractivity contribution is 0.648. The number of halogens is 1. The molecule has 0 N–H and O–H groups in total. The summed E-state index contributed by atoms with van der Waals surface area (Å²) in [5, 5.41) is 2.12. The molecule has 2 heteroatoms. The van der Waals surface area contributed by atoms with E-state index >= 15 is 0 Å². The van der Waals surface area contributed by atoms with Crippen molar-refractivity contribution in [3.63, 3.8) is 0 Å². The molecule has 0 aliphatic carbocycles. The lowest BCUT2D eigenvalue weighted by Gasteiger charge is -2.10. The summed E-state index contributed by atoms with van der Waals surface area (Å²) >= 11 is 5.45. The molecule has 0 saturated carbocycles. The Bertz CT molecular complexity index is 179. The number of rotatable bonds is 2. The fourth-order valence-electron chi connectivity index (χ4n) is 0.777. The molecule has 0 spiro atoms. The van der Waals surface area contributed by atoms with Crippen LogP contribution in [0.4, 0.5) is 0 Å². The van der Waals surface area contributed by atoms with Gasteiger partial charge in [0.1, 0.15) is 0 Å². The fourth-order valence-corrected chi connectivity index (χ4v) is 2.13. The van der Waals surface area contributed by atoms with Gasteiger partial charge in [0.05, 0.1) is 4.83 Å². The third kappa shape index (κ3) is 1.83. The SMILES string of the molecule is CC(C)C(Br)c1cccs1. The Morgan fingerprint density at radius 3 is 2.60 bits per heavy atom. The van der Waals surface area contributed by atoms with Gasteiger partial charge < -0.3 is 0 Å². The van der Waals surface area contributed by atoms with E-state index in [2.05, 4.69) is 47.3 Å². The average Bonchev–Trinajstić information content (AvgIpc) is 2.36. The summed E-state index contributed by atoms with van der Waals surface area (Å²) in [5.41, 5.74) is 0. The molecule has 10 heavy (non-hydrogen) atoms. The molecular weight excluding hydrogens is 208 g/mol. The molecule has 1 aromatic heterocycles. The number of alkyl halides is 1. The molecule has 1 unspecified atom stereocenters. The zero-order valence-electron chi connectivity index (χ0n) is 6.17. The van der Waals surface area contributed by atoms with Gasteiger partial charge in [0, 0.05) is 4.88 Å². The summed E-state index contributed by atoms with van der Waals surface area (Å²) < 4.78 is 0.